The molecule has 0 fully saturated rings. The van der Waals surface area contributed by atoms with Crippen LogP contribution in [0.25, 0.3) is 0 Å². The minimum absolute atomic E-state index is 0.0701. The maximum Gasteiger partial charge on any atom is 0.264 e. The van der Waals surface area contributed by atoms with Crippen molar-refractivity contribution in [1.29, 1.82) is 0 Å². The van der Waals surface area contributed by atoms with Crippen LogP contribution >= 0.6 is 11.6 Å². The van der Waals surface area contributed by atoms with E-state index in [1.807, 2.05) is 6.92 Å². The topological polar surface area (TPSA) is 72.2 Å². The number of halogens is 2. The summed E-state index contributed by atoms with van der Waals surface area (Å²) in [5.41, 5.74) is 6.87. The molecule has 20 heavy (non-hydrogen) atoms. The Bertz CT molecular complexity index is 746. The van der Waals surface area contributed by atoms with Gasteiger partial charge in [0.05, 0.1) is 5.02 Å². The van der Waals surface area contributed by atoms with Crippen molar-refractivity contribution in [3.05, 3.63) is 52.8 Å². The van der Waals surface area contributed by atoms with Gasteiger partial charge < -0.3 is 5.73 Å². The van der Waals surface area contributed by atoms with Crippen LogP contribution in [0.2, 0.25) is 5.02 Å². The molecule has 0 aromatic heterocycles. The fourth-order valence-electron chi connectivity index (χ4n) is 1.61. The lowest BCUT2D eigenvalue weighted by atomic mass is 10.2. The van der Waals surface area contributed by atoms with Gasteiger partial charge in [0, 0.05) is 11.4 Å². The highest BCUT2D eigenvalue weighted by atomic mass is 35.5. The largest absolute Gasteiger partial charge is 0.399 e. The van der Waals surface area contributed by atoms with Gasteiger partial charge in [0.1, 0.15) is 4.90 Å². The predicted octanol–water partition coefficient (Wildman–Crippen LogP) is 3.17. The predicted molar refractivity (Wildman–Crippen MR) is 77.8 cm³/mol. The molecule has 4 nitrogen and oxygen atoms in total. The zero-order valence-corrected chi connectivity index (χ0v) is 12.1. The average Bonchev–Trinajstić information content (AvgIpc) is 2.36. The van der Waals surface area contributed by atoms with Gasteiger partial charge in [-0.1, -0.05) is 29.3 Å². The van der Waals surface area contributed by atoms with Crippen molar-refractivity contribution in [2.45, 2.75) is 11.8 Å². The summed E-state index contributed by atoms with van der Waals surface area (Å²) in [5, 5.41) is -0.339. The number of nitrogens with two attached hydrogens (primary N) is 1. The molecule has 0 aliphatic heterocycles. The number of hydrogen-bond donors (Lipinski definition) is 2. The Morgan fingerprint density at radius 3 is 2.40 bits per heavy atom. The Kier molecular flexibility index (Phi) is 3.87. The van der Waals surface area contributed by atoms with Gasteiger partial charge in [-0.2, -0.15) is 0 Å². The molecule has 2 aromatic rings. The van der Waals surface area contributed by atoms with Crippen LogP contribution in [0.5, 0.6) is 0 Å². The number of anilines is 2. The summed E-state index contributed by atoms with van der Waals surface area (Å²) in [7, 11) is -4.09. The molecule has 106 valence electrons. The summed E-state index contributed by atoms with van der Waals surface area (Å²) in [6, 6.07) is 8.82. The van der Waals surface area contributed by atoms with Crippen LogP contribution in [0, 0.1) is 12.7 Å². The number of nitrogens with one attached hydrogen (secondary N) is 1. The van der Waals surface area contributed by atoms with Gasteiger partial charge >= 0.3 is 0 Å². The van der Waals surface area contributed by atoms with E-state index in [1.165, 1.54) is 0 Å². The van der Waals surface area contributed by atoms with Crippen molar-refractivity contribution in [3.63, 3.8) is 0 Å². The second-order valence-electron chi connectivity index (χ2n) is 4.29. The molecule has 0 saturated heterocycles. The summed E-state index contributed by atoms with van der Waals surface area (Å²) in [6.07, 6.45) is 0. The van der Waals surface area contributed by atoms with Gasteiger partial charge in [-0.25, -0.2) is 12.8 Å². The van der Waals surface area contributed by atoms with Crippen LogP contribution < -0.4 is 10.5 Å². The van der Waals surface area contributed by atoms with E-state index in [0.717, 1.165) is 17.7 Å². The first-order valence-electron chi connectivity index (χ1n) is 5.63. The Morgan fingerprint density at radius 1 is 1.20 bits per heavy atom. The van der Waals surface area contributed by atoms with Gasteiger partial charge in [0.2, 0.25) is 0 Å². The van der Waals surface area contributed by atoms with Crippen molar-refractivity contribution in [3.8, 4) is 0 Å². The van der Waals surface area contributed by atoms with E-state index >= 15 is 0 Å². The Morgan fingerprint density at radius 2 is 1.80 bits per heavy atom. The van der Waals surface area contributed by atoms with E-state index in [9.17, 15) is 12.8 Å². The third kappa shape index (κ3) is 3.02. The molecule has 0 aliphatic rings. The van der Waals surface area contributed by atoms with Crippen LogP contribution in [0.1, 0.15) is 5.56 Å². The van der Waals surface area contributed by atoms with Gasteiger partial charge in [0.25, 0.3) is 10.0 Å². The summed E-state index contributed by atoms with van der Waals surface area (Å²) in [4.78, 5) is -0.580. The zero-order chi connectivity index (χ0) is 14.9. The van der Waals surface area contributed by atoms with Gasteiger partial charge in [-0.15, -0.1) is 0 Å². The van der Waals surface area contributed by atoms with E-state index in [-0.39, 0.29) is 10.7 Å². The van der Waals surface area contributed by atoms with E-state index in [2.05, 4.69) is 4.72 Å². The first-order valence-corrected chi connectivity index (χ1v) is 7.50. The first kappa shape index (κ1) is 14.6. The third-order valence-electron chi connectivity index (χ3n) is 2.61. The van der Waals surface area contributed by atoms with Crippen molar-refractivity contribution in [1.82, 2.24) is 0 Å². The van der Waals surface area contributed by atoms with Crippen LogP contribution in [-0.4, -0.2) is 8.42 Å². The number of aryl methyl sites for hydroxylation is 1. The second-order valence-corrected chi connectivity index (χ2v) is 6.34. The van der Waals surface area contributed by atoms with Crippen LogP contribution in [0.4, 0.5) is 15.8 Å². The maximum atomic E-state index is 13.8. The number of nitrogen functional groups attached to an aromatic ring is 1. The zero-order valence-electron chi connectivity index (χ0n) is 10.5. The molecule has 0 atom stereocenters. The number of rotatable bonds is 3. The molecule has 0 aliphatic carbocycles. The highest BCUT2D eigenvalue weighted by molar-refractivity contribution is 7.92. The molecule has 0 amide bonds. The quantitative estimate of drug-likeness (QED) is 0.855. The van der Waals surface area contributed by atoms with E-state index in [0.29, 0.717) is 5.69 Å². The van der Waals surface area contributed by atoms with Crippen LogP contribution in [-0.2, 0) is 10.0 Å². The molecular formula is C13H12ClFN2O2S. The standard InChI is InChI=1S/C13H12ClFN2O2S/c1-8-2-4-10(5-3-8)17-20(18,19)12-7-9(16)6-11(14)13(12)15/h2-7,17H,16H2,1H3. The van der Waals surface area contributed by atoms with Crippen molar-refractivity contribution < 1.29 is 12.8 Å². The van der Waals surface area contributed by atoms with Crippen molar-refractivity contribution >= 4 is 33.0 Å². The molecule has 2 aromatic carbocycles. The monoisotopic (exact) mass is 314 g/mol. The summed E-state index contributed by atoms with van der Waals surface area (Å²) >= 11 is 5.60. The highest BCUT2D eigenvalue weighted by Crippen LogP contribution is 2.27. The molecule has 7 heteroatoms. The smallest absolute Gasteiger partial charge is 0.264 e. The third-order valence-corrected chi connectivity index (χ3v) is 4.27. The lowest BCUT2D eigenvalue weighted by Gasteiger charge is -2.10. The van der Waals surface area contributed by atoms with Gasteiger partial charge in [0.15, 0.2) is 5.82 Å². The average molecular weight is 315 g/mol. The van der Waals surface area contributed by atoms with Crippen LogP contribution in [0.15, 0.2) is 41.3 Å². The Hall–Kier alpha value is -1.79. The molecule has 0 unspecified atom stereocenters. The maximum absolute atomic E-state index is 13.8. The van der Waals surface area contributed by atoms with E-state index < -0.39 is 20.7 Å². The second kappa shape index (κ2) is 5.30. The molecule has 0 heterocycles. The lowest BCUT2D eigenvalue weighted by molar-refractivity contribution is 0.571. The van der Waals surface area contributed by atoms with Crippen molar-refractivity contribution in [2.75, 3.05) is 10.5 Å². The van der Waals surface area contributed by atoms with Crippen molar-refractivity contribution in [2.24, 2.45) is 0 Å². The molecule has 0 spiro atoms. The number of hydrogen-bond acceptors (Lipinski definition) is 3. The molecule has 3 N–H and O–H groups in total. The summed E-state index contributed by atoms with van der Waals surface area (Å²) in [5.74, 6) is -1.03. The summed E-state index contributed by atoms with van der Waals surface area (Å²) < 4.78 is 40.4. The van der Waals surface area contributed by atoms with E-state index in [4.69, 9.17) is 17.3 Å². The van der Waals surface area contributed by atoms with Gasteiger partial charge in [-0.3, -0.25) is 4.72 Å². The number of sulfonamides is 1. The number of benzene rings is 2. The highest BCUT2D eigenvalue weighted by Gasteiger charge is 2.22. The fraction of sp³-hybridized carbons (Fsp3) is 0.0769. The molecular weight excluding hydrogens is 303 g/mol. The van der Waals surface area contributed by atoms with E-state index in [1.54, 1.807) is 24.3 Å². The molecule has 0 radical (unpaired) electrons. The van der Waals surface area contributed by atoms with Crippen LogP contribution in [0.3, 0.4) is 0 Å². The minimum atomic E-state index is -4.09. The lowest BCUT2D eigenvalue weighted by Crippen LogP contribution is -2.15. The Balaban J connectivity index is 2.43. The minimum Gasteiger partial charge on any atom is -0.399 e. The molecule has 2 rings (SSSR count). The first-order chi connectivity index (χ1) is 9.29. The summed E-state index contributed by atoms with van der Waals surface area (Å²) in [6.45, 7) is 1.87. The normalized spacial score (nSPS) is 11.3. The van der Waals surface area contributed by atoms with Gasteiger partial charge in [-0.05, 0) is 31.2 Å². The molecule has 0 bridgehead atoms. The fourth-order valence-corrected chi connectivity index (χ4v) is 3.09. The Labute approximate surface area is 121 Å². The molecule has 0 saturated carbocycles. The SMILES string of the molecule is Cc1ccc(NS(=O)(=O)c2cc(N)cc(Cl)c2F)cc1.